The molecule has 1 fully saturated rings. The number of anilines is 1. The first-order valence-corrected chi connectivity index (χ1v) is 7.91. The van der Waals surface area contributed by atoms with E-state index in [9.17, 15) is 4.79 Å². The Balaban J connectivity index is 1.95. The minimum absolute atomic E-state index is 0.106. The lowest BCUT2D eigenvalue weighted by molar-refractivity contribution is 0.0932. The molecule has 21 heavy (non-hydrogen) atoms. The first kappa shape index (κ1) is 16.0. The number of hydrogen-bond acceptors (Lipinski definition) is 4. The van der Waals surface area contributed by atoms with Crippen molar-refractivity contribution in [1.82, 2.24) is 15.2 Å². The zero-order valence-electron chi connectivity index (χ0n) is 12.7. The van der Waals surface area contributed by atoms with E-state index in [0.717, 1.165) is 26.2 Å². The zero-order chi connectivity index (χ0) is 15.2. The third kappa shape index (κ3) is 4.86. The van der Waals surface area contributed by atoms with Gasteiger partial charge in [-0.05, 0) is 51.9 Å². The van der Waals surface area contributed by atoms with Gasteiger partial charge < -0.3 is 15.5 Å². The Bertz CT molecular complexity index is 489. The van der Waals surface area contributed by atoms with Gasteiger partial charge in [-0.2, -0.15) is 0 Å². The lowest BCUT2D eigenvalue weighted by atomic mass is 10.2. The van der Waals surface area contributed by atoms with Crippen LogP contribution in [-0.4, -0.2) is 48.0 Å². The van der Waals surface area contributed by atoms with Crippen molar-refractivity contribution in [3.63, 3.8) is 0 Å². The molecule has 1 amide bonds. The molecule has 0 bridgehead atoms. The summed E-state index contributed by atoms with van der Waals surface area (Å²) < 4.78 is 0. The fraction of sp³-hybridized carbons (Fsp3) is 0.600. The van der Waals surface area contributed by atoms with Crippen LogP contribution >= 0.6 is 11.6 Å². The second kappa shape index (κ2) is 7.61. The molecule has 0 spiro atoms. The van der Waals surface area contributed by atoms with Crippen molar-refractivity contribution in [2.45, 2.75) is 32.7 Å². The highest BCUT2D eigenvalue weighted by molar-refractivity contribution is 6.29. The van der Waals surface area contributed by atoms with Gasteiger partial charge in [-0.3, -0.25) is 4.79 Å². The maximum absolute atomic E-state index is 12.3. The molecule has 0 aliphatic carbocycles. The Morgan fingerprint density at radius 1 is 1.43 bits per heavy atom. The molecule has 5 nitrogen and oxygen atoms in total. The number of amides is 1. The quantitative estimate of drug-likeness (QED) is 0.792. The highest BCUT2D eigenvalue weighted by Gasteiger charge is 2.17. The van der Waals surface area contributed by atoms with Gasteiger partial charge in [-0.25, -0.2) is 4.98 Å². The zero-order valence-corrected chi connectivity index (χ0v) is 13.4. The van der Waals surface area contributed by atoms with Gasteiger partial charge in [0.05, 0.1) is 0 Å². The molecule has 6 heteroatoms. The fourth-order valence-electron chi connectivity index (χ4n) is 2.60. The summed E-state index contributed by atoms with van der Waals surface area (Å²) in [6.45, 7) is 7.90. The second-order valence-corrected chi connectivity index (χ2v) is 5.86. The van der Waals surface area contributed by atoms with Crippen LogP contribution in [0, 0.1) is 0 Å². The van der Waals surface area contributed by atoms with Gasteiger partial charge >= 0.3 is 0 Å². The van der Waals surface area contributed by atoms with E-state index >= 15 is 0 Å². The van der Waals surface area contributed by atoms with Crippen LogP contribution in [0.3, 0.4) is 0 Å². The van der Waals surface area contributed by atoms with Crippen molar-refractivity contribution in [3.05, 3.63) is 22.8 Å². The predicted octanol–water partition coefficient (Wildman–Crippen LogP) is 2.38. The monoisotopic (exact) mass is 310 g/mol. The van der Waals surface area contributed by atoms with Crippen LogP contribution in [0.1, 0.15) is 37.0 Å². The molecule has 2 rings (SSSR count). The van der Waals surface area contributed by atoms with E-state index in [-0.39, 0.29) is 11.9 Å². The molecule has 0 aromatic carbocycles. The first-order valence-electron chi connectivity index (χ1n) is 7.53. The summed E-state index contributed by atoms with van der Waals surface area (Å²) >= 11 is 5.96. The van der Waals surface area contributed by atoms with Crippen LogP contribution in [0.2, 0.25) is 5.15 Å². The highest BCUT2D eigenvalue weighted by atomic mass is 35.5. The molecule has 1 aliphatic rings. The van der Waals surface area contributed by atoms with Crippen LogP contribution in [0.15, 0.2) is 12.1 Å². The molecule has 1 aromatic heterocycles. The highest BCUT2D eigenvalue weighted by Crippen LogP contribution is 2.15. The van der Waals surface area contributed by atoms with Crippen LogP contribution in [0.5, 0.6) is 0 Å². The van der Waals surface area contributed by atoms with Gasteiger partial charge in [-0.1, -0.05) is 11.6 Å². The number of likely N-dealkylation sites (tertiary alicyclic amines) is 1. The maximum Gasteiger partial charge on any atom is 0.251 e. The normalized spacial score (nSPS) is 16.7. The first-order chi connectivity index (χ1) is 10.1. The van der Waals surface area contributed by atoms with Crippen molar-refractivity contribution in [2.75, 3.05) is 31.5 Å². The standard InChI is InChI=1S/C15H23ClN4O/c1-3-17-14-9-12(8-13(16)19-14)15(21)18-11(2)10-20-6-4-5-7-20/h8-9,11H,3-7,10H2,1-2H3,(H,17,19)(H,18,21). The van der Waals surface area contributed by atoms with E-state index in [0.29, 0.717) is 16.5 Å². The predicted molar refractivity (Wildman–Crippen MR) is 86.0 cm³/mol. The number of pyridine rings is 1. The third-order valence-corrected chi connectivity index (χ3v) is 3.72. The molecule has 0 saturated carbocycles. The molecule has 1 atom stereocenters. The number of hydrogen-bond donors (Lipinski definition) is 2. The van der Waals surface area contributed by atoms with Crippen LogP contribution in [0.25, 0.3) is 0 Å². The minimum Gasteiger partial charge on any atom is -0.370 e. The molecule has 1 saturated heterocycles. The van der Waals surface area contributed by atoms with Crippen LogP contribution < -0.4 is 10.6 Å². The topological polar surface area (TPSA) is 57.3 Å². The van der Waals surface area contributed by atoms with Crippen molar-refractivity contribution in [1.29, 1.82) is 0 Å². The van der Waals surface area contributed by atoms with E-state index in [2.05, 4.69) is 20.5 Å². The van der Waals surface area contributed by atoms with Crippen molar-refractivity contribution < 1.29 is 4.79 Å². The lowest BCUT2D eigenvalue weighted by Gasteiger charge is -2.21. The number of nitrogens with one attached hydrogen (secondary N) is 2. The summed E-state index contributed by atoms with van der Waals surface area (Å²) in [5.41, 5.74) is 0.541. The summed E-state index contributed by atoms with van der Waals surface area (Å²) in [7, 11) is 0. The van der Waals surface area contributed by atoms with Gasteiger partial charge in [0.25, 0.3) is 5.91 Å². The smallest absolute Gasteiger partial charge is 0.251 e. The van der Waals surface area contributed by atoms with E-state index < -0.39 is 0 Å². The largest absolute Gasteiger partial charge is 0.370 e. The summed E-state index contributed by atoms with van der Waals surface area (Å²) in [5.74, 6) is 0.521. The number of halogens is 1. The Hall–Kier alpha value is -1.33. The number of nitrogens with zero attached hydrogens (tertiary/aromatic N) is 2. The van der Waals surface area contributed by atoms with Crippen LogP contribution in [-0.2, 0) is 0 Å². The average molecular weight is 311 g/mol. The van der Waals surface area contributed by atoms with Gasteiger partial charge in [0.2, 0.25) is 0 Å². The van der Waals surface area contributed by atoms with Gasteiger partial charge in [0, 0.05) is 24.7 Å². The molecule has 2 heterocycles. The van der Waals surface area contributed by atoms with Gasteiger partial charge in [0.15, 0.2) is 0 Å². The summed E-state index contributed by atoms with van der Waals surface area (Å²) in [6.07, 6.45) is 2.51. The molecule has 116 valence electrons. The Morgan fingerprint density at radius 3 is 2.81 bits per heavy atom. The van der Waals surface area contributed by atoms with E-state index in [1.165, 1.54) is 12.8 Å². The summed E-state index contributed by atoms with van der Waals surface area (Å²) in [4.78, 5) is 18.8. The molecule has 1 aliphatic heterocycles. The summed E-state index contributed by atoms with van der Waals surface area (Å²) in [6, 6.07) is 3.44. The molecule has 1 unspecified atom stereocenters. The maximum atomic E-state index is 12.3. The van der Waals surface area contributed by atoms with E-state index in [1.807, 2.05) is 13.8 Å². The van der Waals surface area contributed by atoms with Crippen molar-refractivity contribution in [2.24, 2.45) is 0 Å². The van der Waals surface area contributed by atoms with Crippen molar-refractivity contribution >= 4 is 23.3 Å². The van der Waals surface area contributed by atoms with Gasteiger partial charge in [-0.15, -0.1) is 0 Å². The third-order valence-electron chi connectivity index (χ3n) is 3.52. The van der Waals surface area contributed by atoms with Gasteiger partial charge in [0.1, 0.15) is 11.0 Å². The lowest BCUT2D eigenvalue weighted by Crippen LogP contribution is -2.41. The minimum atomic E-state index is -0.106. The number of carbonyl (C=O) groups is 1. The molecule has 2 N–H and O–H groups in total. The molecule has 1 aromatic rings. The van der Waals surface area contributed by atoms with Crippen LogP contribution in [0.4, 0.5) is 5.82 Å². The molecular weight excluding hydrogens is 288 g/mol. The second-order valence-electron chi connectivity index (χ2n) is 5.48. The Kier molecular flexibility index (Phi) is 5.82. The average Bonchev–Trinajstić information content (AvgIpc) is 2.91. The number of rotatable bonds is 6. The SMILES string of the molecule is CCNc1cc(C(=O)NC(C)CN2CCCC2)cc(Cl)n1. The van der Waals surface area contributed by atoms with Crippen molar-refractivity contribution in [3.8, 4) is 0 Å². The fourth-order valence-corrected chi connectivity index (χ4v) is 2.81. The number of aromatic nitrogens is 1. The number of carbonyl (C=O) groups excluding carboxylic acids is 1. The molecule has 0 radical (unpaired) electrons. The van der Waals surface area contributed by atoms with E-state index in [1.54, 1.807) is 12.1 Å². The Morgan fingerprint density at radius 2 is 2.14 bits per heavy atom. The van der Waals surface area contributed by atoms with E-state index in [4.69, 9.17) is 11.6 Å². The Labute approximate surface area is 131 Å². The molecular formula is C15H23ClN4O. The summed E-state index contributed by atoms with van der Waals surface area (Å²) in [5, 5.41) is 6.42.